The molecule has 0 aliphatic heterocycles. The quantitative estimate of drug-likeness (QED) is 0.593. The number of benzene rings is 2. The first-order valence-corrected chi connectivity index (χ1v) is 9.24. The summed E-state index contributed by atoms with van der Waals surface area (Å²) in [6, 6.07) is 11.0. The standard InChI is InChI=1S/C19H20N2O3S/c1-3-9-25-13-6-7-14(17(11-13)24-4-2)18-20-15-8-5-12(19(22)23)10-16(15)21-18/h5-8,10-11H,3-4,9H2,1-2H3,(H,20,21)(H,22,23). The van der Waals surface area contributed by atoms with Crippen LogP contribution in [0.15, 0.2) is 41.3 Å². The molecule has 25 heavy (non-hydrogen) atoms. The van der Waals surface area contributed by atoms with Crippen molar-refractivity contribution in [2.24, 2.45) is 0 Å². The lowest BCUT2D eigenvalue weighted by Crippen LogP contribution is -1.95. The highest BCUT2D eigenvalue weighted by molar-refractivity contribution is 7.99. The van der Waals surface area contributed by atoms with E-state index in [-0.39, 0.29) is 5.56 Å². The Bertz CT molecular complexity index is 905. The first-order valence-electron chi connectivity index (χ1n) is 8.25. The van der Waals surface area contributed by atoms with Gasteiger partial charge in [-0.3, -0.25) is 0 Å². The average Bonchev–Trinajstić information content (AvgIpc) is 3.03. The summed E-state index contributed by atoms with van der Waals surface area (Å²) in [6.45, 7) is 4.68. The van der Waals surface area contributed by atoms with Crippen LogP contribution >= 0.6 is 11.8 Å². The molecule has 130 valence electrons. The van der Waals surface area contributed by atoms with Gasteiger partial charge in [-0.05, 0) is 55.5 Å². The van der Waals surface area contributed by atoms with Crippen LogP contribution in [0.2, 0.25) is 0 Å². The van der Waals surface area contributed by atoms with Gasteiger partial charge in [0.25, 0.3) is 0 Å². The van der Waals surface area contributed by atoms with Gasteiger partial charge in [0.05, 0.1) is 28.8 Å². The number of carboxylic acids is 1. The van der Waals surface area contributed by atoms with Crippen molar-refractivity contribution in [1.82, 2.24) is 9.97 Å². The molecular weight excluding hydrogens is 336 g/mol. The molecule has 1 aromatic heterocycles. The van der Waals surface area contributed by atoms with E-state index in [9.17, 15) is 4.79 Å². The molecule has 0 radical (unpaired) electrons. The summed E-state index contributed by atoms with van der Waals surface area (Å²) >= 11 is 1.80. The lowest BCUT2D eigenvalue weighted by atomic mass is 10.2. The summed E-state index contributed by atoms with van der Waals surface area (Å²) in [6.07, 6.45) is 1.12. The summed E-state index contributed by atoms with van der Waals surface area (Å²) in [7, 11) is 0. The number of H-pyrrole nitrogens is 1. The van der Waals surface area contributed by atoms with E-state index in [1.165, 1.54) is 4.90 Å². The number of aromatic carboxylic acids is 1. The summed E-state index contributed by atoms with van der Waals surface area (Å²) in [5.74, 6) is 1.56. The van der Waals surface area contributed by atoms with Gasteiger partial charge in [0.15, 0.2) is 0 Å². The first-order chi connectivity index (χ1) is 12.1. The zero-order chi connectivity index (χ0) is 17.8. The van der Waals surface area contributed by atoms with Crippen molar-refractivity contribution in [1.29, 1.82) is 0 Å². The summed E-state index contributed by atoms with van der Waals surface area (Å²) in [4.78, 5) is 20.1. The molecule has 0 fully saturated rings. The molecule has 3 rings (SSSR count). The highest BCUT2D eigenvalue weighted by atomic mass is 32.2. The molecule has 0 amide bonds. The maximum absolute atomic E-state index is 11.1. The van der Waals surface area contributed by atoms with E-state index >= 15 is 0 Å². The highest BCUT2D eigenvalue weighted by Gasteiger charge is 2.13. The predicted molar refractivity (Wildman–Crippen MR) is 101 cm³/mol. The first kappa shape index (κ1) is 17.4. The number of ether oxygens (including phenoxy) is 1. The minimum atomic E-state index is -0.953. The van der Waals surface area contributed by atoms with Crippen molar-refractivity contribution in [2.75, 3.05) is 12.4 Å². The maximum Gasteiger partial charge on any atom is 0.335 e. The van der Waals surface area contributed by atoms with Crippen molar-refractivity contribution < 1.29 is 14.6 Å². The Balaban J connectivity index is 2.02. The van der Waals surface area contributed by atoms with Gasteiger partial charge in [0.1, 0.15) is 11.6 Å². The Morgan fingerprint density at radius 3 is 2.80 bits per heavy atom. The van der Waals surface area contributed by atoms with E-state index in [0.717, 1.165) is 29.0 Å². The fraction of sp³-hybridized carbons (Fsp3) is 0.263. The molecule has 1 heterocycles. The van der Waals surface area contributed by atoms with Crippen LogP contribution in [0.1, 0.15) is 30.6 Å². The molecule has 5 nitrogen and oxygen atoms in total. The monoisotopic (exact) mass is 356 g/mol. The van der Waals surface area contributed by atoms with Gasteiger partial charge in [0.2, 0.25) is 0 Å². The van der Waals surface area contributed by atoms with Crippen LogP contribution in [0.3, 0.4) is 0 Å². The van der Waals surface area contributed by atoms with E-state index in [2.05, 4.69) is 23.0 Å². The number of thioether (sulfide) groups is 1. The van der Waals surface area contributed by atoms with E-state index in [0.29, 0.717) is 17.9 Å². The average molecular weight is 356 g/mol. The Morgan fingerprint density at radius 1 is 1.24 bits per heavy atom. The minimum absolute atomic E-state index is 0.235. The summed E-state index contributed by atoms with van der Waals surface area (Å²) in [5, 5.41) is 9.13. The van der Waals surface area contributed by atoms with Gasteiger partial charge in [-0.2, -0.15) is 0 Å². The summed E-state index contributed by atoms with van der Waals surface area (Å²) in [5.41, 5.74) is 2.53. The van der Waals surface area contributed by atoms with Gasteiger partial charge in [-0.25, -0.2) is 9.78 Å². The Hall–Kier alpha value is -2.47. The topological polar surface area (TPSA) is 75.2 Å². The number of aromatic nitrogens is 2. The Morgan fingerprint density at radius 2 is 2.08 bits per heavy atom. The minimum Gasteiger partial charge on any atom is -0.493 e. The molecule has 6 heteroatoms. The number of nitrogens with one attached hydrogen (secondary N) is 1. The second kappa shape index (κ2) is 7.61. The molecule has 2 N–H and O–H groups in total. The largest absolute Gasteiger partial charge is 0.493 e. The van der Waals surface area contributed by atoms with Gasteiger partial charge < -0.3 is 14.8 Å². The Labute approximate surface area is 150 Å². The van der Waals surface area contributed by atoms with Gasteiger partial charge >= 0.3 is 5.97 Å². The molecule has 0 unspecified atom stereocenters. The molecule has 0 spiro atoms. The van der Waals surface area contributed by atoms with Gasteiger partial charge in [0, 0.05) is 4.90 Å². The van der Waals surface area contributed by atoms with Crippen LogP contribution in [0.5, 0.6) is 5.75 Å². The van der Waals surface area contributed by atoms with Crippen LogP contribution in [-0.4, -0.2) is 33.4 Å². The van der Waals surface area contributed by atoms with Crippen LogP contribution in [-0.2, 0) is 0 Å². The molecule has 0 saturated carbocycles. The third-order valence-electron chi connectivity index (χ3n) is 3.71. The van der Waals surface area contributed by atoms with Crippen molar-refractivity contribution in [2.45, 2.75) is 25.2 Å². The van der Waals surface area contributed by atoms with Crippen LogP contribution in [0.4, 0.5) is 0 Å². The van der Waals surface area contributed by atoms with Crippen molar-refractivity contribution in [3.8, 4) is 17.1 Å². The molecule has 0 bridgehead atoms. The SMILES string of the molecule is CCCSc1ccc(-c2nc3ccc(C(=O)O)cc3[nH]2)c(OCC)c1. The third kappa shape index (κ3) is 3.79. The molecule has 0 aliphatic carbocycles. The van der Waals surface area contributed by atoms with Crippen LogP contribution < -0.4 is 4.74 Å². The molecule has 2 aromatic carbocycles. The number of carboxylic acid groups (broad SMARTS) is 1. The van der Waals surface area contributed by atoms with Crippen molar-refractivity contribution in [3.05, 3.63) is 42.0 Å². The second-order valence-electron chi connectivity index (χ2n) is 5.56. The number of carbonyl (C=O) groups is 1. The molecule has 0 aliphatic rings. The zero-order valence-corrected chi connectivity index (χ0v) is 15.0. The number of rotatable bonds is 7. The lowest BCUT2D eigenvalue weighted by Gasteiger charge is -2.10. The van der Waals surface area contributed by atoms with E-state index in [4.69, 9.17) is 9.84 Å². The second-order valence-corrected chi connectivity index (χ2v) is 6.73. The fourth-order valence-corrected chi connectivity index (χ4v) is 3.35. The molecule has 0 saturated heterocycles. The van der Waals surface area contributed by atoms with Crippen LogP contribution in [0.25, 0.3) is 22.4 Å². The van der Waals surface area contributed by atoms with E-state index < -0.39 is 5.97 Å². The molecule has 0 atom stereocenters. The molecule has 3 aromatic rings. The number of hydrogen-bond acceptors (Lipinski definition) is 4. The third-order valence-corrected chi connectivity index (χ3v) is 4.91. The van der Waals surface area contributed by atoms with Crippen LogP contribution in [0, 0.1) is 0 Å². The number of nitrogens with zero attached hydrogens (tertiary/aromatic N) is 1. The predicted octanol–water partition coefficient (Wildman–Crippen LogP) is 4.83. The van der Waals surface area contributed by atoms with Crippen molar-refractivity contribution >= 4 is 28.8 Å². The fourth-order valence-electron chi connectivity index (χ4n) is 2.55. The van der Waals surface area contributed by atoms with Gasteiger partial charge in [-0.1, -0.05) is 6.92 Å². The molecular formula is C19H20N2O3S. The Kier molecular flexibility index (Phi) is 5.28. The number of hydrogen-bond donors (Lipinski definition) is 2. The highest BCUT2D eigenvalue weighted by Crippen LogP contribution is 2.34. The van der Waals surface area contributed by atoms with Crippen molar-refractivity contribution in [3.63, 3.8) is 0 Å². The number of fused-ring (bicyclic) bond motifs is 1. The van der Waals surface area contributed by atoms with E-state index in [1.807, 2.05) is 19.1 Å². The number of imidazole rings is 1. The normalized spacial score (nSPS) is 11.0. The lowest BCUT2D eigenvalue weighted by molar-refractivity contribution is 0.0697. The summed E-state index contributed by atoms with van der Waals surface area (Å²) < 4.78 is 5.80. The zero-order valence-electron chi connectivity index (χ0n) is 14.2. The smallest absolute Gasteiger partial charge is 0.335 e. The van der Waals surface area contributed by atoms with E-state index in [1.54, 1.807) is 30.0 Å². The maximum atomic E-state index is 11.1. The van der Waals surface area contributed by atoms with Gasteiger partial charge in [-0.15, -0.1) is 11.8 Å². The number of aromatic amines is 1.